The molecule has 4 rings (SSSR count). The molecule has 1 aromatic carbocycles. The standard InChI is InChI=1S/C24H24F3N3O2/c1-15-12-19(16(2)29(15)11-10-17-6-4-3-5-7-17)22(31)14-30-23(32)20(24(25,26)27)13-21(28-30)18-8-9-18/h3-7,12-13,18H,8-11,14H2,1-2H3. The normalized spacial score (nSPS) is 14.0. The van der Waals surface area contributed by atoms with Crippen molar-refractivity contribution in [3.05, 3.63) is 86.6 Å². The van der Waals surface area contributed by atoms with Gasteiger partial charge < -0.3 is 4.57 Å². The van der Waals surface area contributed by atoms with Gasteiger partial charge in [-0.05, 0) is 50.8 Å². The largest absolute Gasteiger partial charge is 0.421 e. The fraction of sp³-hybridized carbons (Fsp3) is 0.375. The summed E-state index contributed by atoms with van der Waals surface area (Å²) in [6.07, 6.45) is -2.54. The maximum Gasteiger partial charge on any atom is 0.421 e. The number of benzene rings is 1. The molecule has 0 saturated heterocycles. The van der Waals surface area contributed by atoms with E-state index in [1.54, 1.807) is 6.07 Å². The van der Waals surface area contributed by atoms with E-state index in [0.29, 0.717) is 16.8 Å². The highest BCUT2D eigenvalue weighted by Crippen LogP contribution is 2.40. The number of ketones is 1. The van der Waals surface area contributed by atoms with Gasteiger partial charge in [-0.15, -0.1) is 0 Å². The van der Waals surface area contributed by atoms with Gasteiger partial charge in [0, 0.05) is 29.4 Å². The van der Waals surface area contributed by atoms with Crippen molar-refractivity contribution in [3.63, 3.8) is 0 Å². The van der Waals surface area contributed by atoms with Crippen LogP contribution in [-0.4, -0.2) is 20.1 Å². The summed E-state index contributed by atoms with van der Waals surface area (Å²) in [5.41, 5.74) is 0.840. The van der Waals surface area contributed by atoms with Crippen LogP contribution in [0.1, 0.15) is 57.3 Å². The van der Waals surface area contributed by atoms with E-state index >= 15 is 0 Å². The van der Waals surface area contributed by atoms with Crippen molar-refractivity contribution in [2.24, 2.45) is 0 Å². The van der Waals surface area contributed by atoms with Crippen molar-refractivity contribution in [2.45, 2.75) is 58.3 Å². The van der Waals surface area contributed by atoms with Gasteiger partial charge in [-0.2, -0.15) is 18.3 Å². The van der Waals surface area contributed by atoms with Crippen LogP contribution in [-0.2, 0) is 25.7 Å². The summed E-state index contributed by atoms with van der Waals surface area (Å²) in [6, 6.07) is 12.5. The van der Waals surface area contributed by atoms with E-state index in [9.17, 15) is 22.8 Å². The molecule has 3 aromatic rings. The first-order valence-corrected chi connectivity index (χ1v) is 10.6. The molecular weight excluding hydrogens is 419 g/mol. The maximum atomic E-state index is 13.4. The molecule has 2 heterocycles. The zero-order chi connectivity index (χ0) is 23.0. The van der Waals surface area contributed by atoms with Crippen LogP contribution in [0.5, 0.6) is 0 Å². The van der Waals surface area contributed by atoms with Crippen molar-refractivity contribution in [2.75, 3.05) is 0 Å². The van der Waals surface area contributed by atoms with Crippen molar-refractivity contribution < 1.29 is 18.0 Å². The van der Waals surface area contributed by atoms with Gasteiger partial charge in [0.05, 0.1) is 5.69 Å². The summed E-state index contributed by atoms with van der Waals surface area (Å²) in [4.78, 5) is 25.4. The second kappa shape index (κ2) is 8.41. The third-order valence-corrected chi connectivity index (χ3v) is 5.93. The van der Waals surface area contributed by atoms with Crippen LogP contribution in [0.2, 0.25) is 0 Å². The number of hydrogen-bond acceptors (Lipinski definition) is 3. The highest BCUT2D eigenvalue weighted by Gasteiger charge is 2.38. The van der Waals surface area contributed by atoms with Crippen LogP contribution < -0.4 is 5.56 Å². The molecule has 0 aliphatic heterocycles. The third-order valence-electron chi connectivity index (χ3n) is 5.93. The molecule has 5 nitrogen and oxygen atoms in total. The van der Waals surface area contributed by atoms with Gasteiger partial charge >= 0.3 is 6.18 Å². The van der Waals surface area contributed by atoms with Crippen LogP contribution in [0.4, 0.5) is 13.2 Å². The quantitative estimate of drug-likeness (QED) is 0.498. The first kappa shape index (κ1) is 22.0. The van der Waals surface area contributed by atoms with E-state index in [2.05, 4.69) is 5.10 Å². The van der Waals surface area contributed by atoms with E-state index in [1.807, 2.05) is 48.7 Å². The van der Waals surface area contributed by atoms with E-state index in [4.69, 9.17) is 0 Å². The van der Waals surface area contributed by atoms with Gasteiger partial charge in [0.2, 0.25) is 0 Å². The molecule has 0 atom stereocenters. The van der Waals surface area contributed by atoms with Gasteiger partial charge in [0.1, 0.15) is 12.1 Å². The summed E-state index contributed by atoms with van der Waals surface area (Å²) in [5.74, 6) is -0.513. The molecule has 0 bridgehead atoms. The fourth-order valence-electron chi connectivity index (χ4n) is 3.99. The minimum absolute atomic E-state index is 0.0823. The first-order chi connectivity index (χ1) is 15.1. The average molecular weight is 443 g/mol. The lowest BCUT2D eigenvalue weighted by atomic mass is 10.1. The number of Topliss-reactive ketones (excluding diaryl/α,β-unsaturated/α-hetero) is 1. The molecule has 32 heavy (non-hydrogen) atoms. The smallest absolute Gasteiger partial charge is 0.348 e. The number of aromatic nitrogens is 3. The van der Waals surface area contributed by atoms with E-state index in [1.165, 1.54) is 5.56 Å². The van der Waals surface area contributed by atoms with Crippen LogP contribution in [0, 0.1) is 13.8 Å². The molecule has 1 fully saturated rings. The Morgan fingerprint density at radius 2 is 1.81 bits per heavy atom. The number of carbonyl (C=O) groups excluding carboxylic acids is 1. The van der Waals surface area contributed by atoms with Crippen LogP contribution >= 0.6 is 0 Å². The number of rotatable bonds is 7. The molecule has 8 heteroatoms. The molecule has 0 amide bonds. The summed E-state index contributed by atoms with van der Waals surface area (Å²) < 4.78 is 42.8. The fourth-order valence-corrected chi connectivity index (χ4v) is 3.99. The summed E-state index contributed by atoms with van der Waals surface area (Å²) in [7, 11) is 0. The Kier molecular flexibility index (Phi) is 5.79. The number of halogens is 3. The summed E-state index contributed by atoms with van der Waals surface area (Å²) in [6.45, 7) is 3.84. The monoisotopic (exact) mass is 443 g/mol. The molecule has 0 unspecified atom stereocenters. The zero-order valence-corrected chi connectivity index (χ0v) is 17.9. The summed E-state index contributed by atoms with van der Waals surface area (Å²) in [5, 5.41) is 4.09. The Balaban J connectivity index is 1.59. The molecule has 1 aliphatic carbocycles. The van der Waals surface area contributed by atoms with Crippen molar-refractivity contribution in [1.82, 2.24) is 14.3 Å². The predicted octanol–water partition coefficient (Wildman–Crippen LogP) is 4.68. The number of carbonyl (C=O) groups is 1. The second-order valence-electron chi connectivity index (χ2n) is 8.31. The predicted molar refractivity (Wildman–Crippen MR) is 114 cm³/mol. The third kappa shape index (κ3) is 4.54. The molecular formula is C24H24F3N3O2. The molecule has 1 aliphatic rings. The Hall–Kier alpha value is -3.16. The van der Waals surface area contributed by atoms with Crippen LogP contribution in [0.15, 0.2) is 47.3 Å². The molecule has 1 saturated carbocycles. The van der Waals surface area contributed by atoms with E-state index in [0.717, 1.165) is 36.7 Å². The van der Waals surface area contributed by atoms with Crippen molar-refractivity contribution in [3.8, 4) is 0 Å². The Morgan fingerprint density at radius 1 is 1.12 bits per heavy atom. The number of nitrogens with zero attached hydrogens (tertiary/aromatic N) is 3. The number of hydrogen-bond donors (Lipinski definition) is 0. The Bertz CT molecular complexity index is 1210. The maximum absolute atomic E-state index is 13.4. The molecule has 0 spiro atoms. The van der Waals surface area contributed by atoms with Gasteiger partial charge in [-0.25, -0.2) is 4.68 Å². The Morgan fingerprint density at radius 3 is 2.44 bits per heavy atom. The lowest BCUT2D eigenvalue weighted by Crippen LogP contribution is -2.33. The number of aryl methyl sites for hydroxylation is 2. The average Bonchev–Trinajstić information content (AvgIpc) is 3.54. The van der Waals surface area contributed by atoms with Gasteiger partial charge in [-0.1, -0.05) is 30.3 Å². The molecule has 0 N–H and O–H groups in total. The Labute approximate surface area is 183 Å². The molecule has 2 aromatic heterocycles. The highest BCUT2D eigenvalue weighted by molar-refractivity contribution is 5.97. The first-order valence-electron chi connectivity index (χ1n) is 10.6. The van der Waals surface area contributed by atoms with Crippen LogP contribution in [0.3, 0.4) is 0 Å². The summed E-state index contributed by atoms with van der Waals surface area (Å²) >= 11 is 0. The van der Waals surface area contributed by atoms with E-state index < -0.39 is 29.6 Å². The number of alkyl halides is 3. The lowest BCUT2D eigenvalue weighted by Gasteiger charge is -2.12. The highest BCUT2D eigenvalue weighted by atomic mass is 19.4. The minimum atomic E-state index is -4.79. The van der Waals surface area contributed by atoms with Crippen LogP contribution in [0.25, 0.3) is 0 Å². The zero-order valence-electron chi connectivity index (χ0n) is 17.9. The van der Waals surface area contributed by atoms with Gasteiger partial charge in [-0.3, -0.25) is 9.59 Å². The topological polar surface area (TPSA) is 56.9 Å². The van der Waals surface area contributed by atoms with Gasteiger partial charge in [0.15, 0.2) is 5.78 Å². The van der Waals surface area contributed by atoms with Crippen molar-refractivity contribution in [1.29, 1.82) is 0 Å². The van der Waals surface area contributed by atoms with Crippen molar-refractivity contribution >= 4 is 5.78 Å². The van der Waals surface area contributed by atoms with Gasteiger partial charge in [0.25, 0.3) is 5.56 Å². The lowest BCUT2D eigenvalue weighted by molar-refractivity contribution is -0.139. The second-order valence-corrected chi connectivity index (χ2v) is 8.31. The van der Waals surface area contributed by atoms with E-state index in [-0.39, 0.29) is 11.6 Å². The minimum Gasteiger partial charge on any atom is -0.348 e. The molecule has 0 radical (unpaired) electrons. The SMILES string of the molecule is Cc1cc(C(=O)Cn2nc(C3CC3)cc(C(F)(F)F)c2=O)c(C)n1CCc1ccccc1. The molecule has 168 valence electrons.